The quantitative estimate of drug-likeness (QED) is 0.730. The highest BCUT2D eigenvalue weighted by molar-refractivity contribution is 5.76. The van der Waals surface area contributed by atoms with Crippen LogP contribution in [0.3, 0.4) is 0 Å². The summed E-state index contributed by atoms with van der Waals surface area (Å²) in [5.74, 6) is 0.871. The summed E-state index contributed by atoms with van der Waals surface area (Å²) in [7, 11) is 0. The van der Waals surface area contributed by atoms with Gasteiger partial charge in [-0.25, -0.2) is 0 Å². The minimum absolute atomic E-state index is 0.267. The minimum atomic E-state index is -0.280. The van der Waals surface area contributed by atoms with E-state index in [-0.39, 0.29) is 12.0 Å². The first-order valence-electron chi connectivity index (χ1n) is 6.71. The molecule has 3 nitrogen and oxygen atoms in total. The van der Waals surface area contributed by atoms with Gasteiger partial charge in [-0.05, 0) is 25.2 Å². The van der Waals surface area contributed by atoms with E-state index in [9.17, 15) is 9.90 Å². The summed E-state index contributed by atoms with van der Waals surface area (Å²) in [6, 6.07) is 0. The Balaban J connectivity index is 1.77. The molecule has 0 aromatic carbocycles. The summed E-state index contributed by atoms with van der Waals surface area (Å²) in [5.41, 5.74) is 0. The highest BCUT2D eigenvalue weighted by Gasteiger charge is 2.26. The second-order valence-corrected chi connectivity index (χ2v) is 5.34. The van der Waals surface area contributed by atoms with Gasteiger partial charge in [-0.15, -0.1) is 0 Å². The molecule has 2 rings (SSSR count). The Kier molecular flexibility index (Phi) is 4.22. The maximum absolute atomic E-state index is 12.0. The van der Waals surface area contributed by atoms with E-state index in [1.54, 1.807) is 0 Å². The zero-order valence-corrected chi connectivity index (χ0v) is 10.0. The highest BCUT2D eigenvalue weighted by atomic mass is 16.3. The van der Waals surface area contributed by atoms with Crippen molar-refractivity contribution in [3.8, 4) is 0 Å². The molecule has 0 aromatic rings. The Morgan fingerprint density at radius 3 is 2.38 bits per heavy atom. The largest absolute Gasteiger partial charge is 0.391 e. The lowest BCUT2D eigenvalue weighted by Gasteiger charge is -2.19. The fourth-order valence-corrected chi connectivity index (χ4v) is 2.91. The van der Waals surface area contributed by atoms with E-state index in [4.69, 9.17) is 0 Å². The van der Waals surface area contributed by atoms with Crippen LogP contribution in [0.1, 0.15) is 51.4 Å². The molecule has 1 saturated carbocycles. The number of rotatable bonds is 2. The number of nitrogens with zero attached hydrogens (tertiary/aromatic N) is 1. The average molecular weight is 225 g/mol. The molecule has 3 heteroatoms. The monoisotopic (exact) mass is 225 g/mol. The number of likely N-dealkylation sites (tertiary alicyclic amines) is 1. The van der Waals surface area contributed by atoms with Crippen molar-refractivity contribution in [1.82, 2.24) is 4.90 Å². The van der Waals surface area contributed by atoms with E-state index in [0.717, 1.165) is 13.0 Å². The topological polar surface area (TPSA) is 40.5 Å². The molecule has 0 bridgehead atoms. The Labute approximate surface area is 97.8 Å². The van der Waals surface area contributed by atoms with Gasteiger partial charge in [-0.1, -0.05) is 25.7 Å². The number of carbonyl (C=O) groups excluding carboxylic acids is 1. The molecule has 2 fully saturated rings. The van der Waals surface area contributed by atoms with Crippen molar-refractivity contribution in [2.75, 3.05) is 13.1 Å². The second-order valence-electron chi connectivity index (χ2n) is 5.34. The standard InChI is InChI=1S/C13H23NO2/c15-12-7-8-14(10-12)13(16)9-11-5-3-1-2-4-6-11/h11-12,15H,1-10H2/t12-/m0/s1. The van der Waals surface area contributed by atoms with Crippen LogP contribution in [0.5, 0.6) is 0 Å². The summed E-state index contributed by atoms with van der Waals surface area (Å²) in [4.78, 5) is 13.8. The molecule has 92 valence electrons. The van der Waals surface area contributed by atoms with Crippen LogP contribution >= 0.6 is 0 Å². The second kappa shape index (κ2) is 5.67. The summed E-state index contributed by atoms with van der Waals surface area (Å²) >= 11 is 0. The number of aliphatic hydroxyl groups is 1. The van der Waals surface area contributed by atoms with E-state index in [2.05, 4.69) is 0 Å². The van der Waals surface area contributed by atoms with Crippen molar-refractivity contribution in [1.29, 1.82) is 0 Å². The summed E-state index contributed by atoms with van der Waals surface area (Å²) in [5, 5.41) is 9.41. The van der Waals surface area contributed by atoms with Crippen LogP contribution in [0, 0.1) is 5.92 Å². The molecule has 0 aromatic heterocycles. The fourth-order valence-electron chi connectivity index (χ4n) is 2.91. The van der Waals surface area contributed by atoms with Gasteiger partial charge in [0.2, 0.25) is 5.91 Å². The van der Waals surface area contributed by atoms with Crippen molar-refractivity contribution in [2.45, 2.75) is 57.5 Å². The van der Waals surface area contributed by atoms with Gasteiger partial charge in [0.15, 0.2) is 0 Å². The van der Waals surface area contributed by atoms with Crippen LogP contribution in [0.15, 0.2) is 0 Å². The van der Waals surface area contributed by atoms with Crippen molar-refractivity contribution < 1.29 is 9.90 Å². The smallest absolute Gasteiger partial charge is 0.222 e. The zero-order valence-electron chi connectivity index (χ0n) is 10.0. The van der Waals surface area contributed by atoms with Crippen molar-refractivity contribution in [2.24, 2.45) is 5.92 Å². The van der Waals surface area contributed by atoms with Crippen LogP contribution in [0.25, 0.3) is 0 Å². The molecule has 1 atom stereocenters. The van der Waals surface area contributed by atoms with Crippen molar-refractivity contribution >= 4 is 5.91 Å². The number of amides is 1. The fraction of sp³-hybridized carbons (Fsp3) is 0.923. The third-order valence-corrected chi connectivity index (χ3v) is 3.95. The lowest BCUT2D eigenvalue weighted by atomic mass is 9.96. The molecule has 1 aliphatic heterocycles. The zero-order chi connectivity index (χ0) is 11.4. The summed E-state index contributed by atoms with van der Waals surface area (Å²) in [6.45, 7) is 1.32. The molecule has 0 spiro atoms. The Bertz CT molecular complexity index is 234. The van der Waals surface area contributed by atoms with Crippen LogP contribution in [-0.2, 0) is 4.79 Å². The van der Waals surface area contributed by atoms with Gasteiger partial charge in [-0.3, -0.25) is 4.79 Å². The predicted octanol–water partition coefficient (Wildman–Crippen LogP) is 1.94. The van der Waals surface area contributed by atoms with Crippen LogP contribution in [0.4, 0.5) is 0 Å². The number of β-amino-alcohol motifs (C(OH)–C–C–N with tert-alkyl or cyclic N) is 1. The van der Waals surface area contributed by atoms with Gasteiger partial charge >= 0.3 is 0 Å². The molecule has 1 heterocycles. The van der Waals surface area contributed by atoms with Crippen LogP contribution < -0.4 is 0 Å². The van der Waals surface area contributed by atoms with E-state index in [1.165, 1.54) is 38.5 Å². The first kappa shape index (κ1) is 11.9. The predicted molar refractivity (Wildman–Crippen MR) is 63.0 cm³/mol. The normalized spacial score (nSPS) is 28.1. The van der Waals surface area contributed by atoms with E-state index in [1.807, 2.05) is 4.90 Å². The number of hydrogen-bond acceptors (Lipinski definition) is 2. The van der Waals surface area contributed by atoms with E-state index < -0.39 is 0 Å². The number of aliphatic hydroxyl groups excluding tert-OH is 1. The number of carbonyl (C=O) groups is 1. The molecule has 16 heavy (non-hydrogen) atoms. The molecular weight excluding hydrogens is 202 g/mol. The third-order valence-electron chi connectivity index (χ3n) is 3.95. The lowest BCUT2D eigenvalue weighted by Crippen LogP contribution is -2.30. The maximum Gasteiger partial charge on any atom is 0.222 e. The average Bonchev–Trinajstić information content (AvgIpc) is 2.54. The van der Waals surface area contributed by atoms with Gasteiger partial charge < -0.3 is 10.0 Å². The van der Waals surface area contributed by atoms with Gasteiger partial charge in [0.1, 0.15) is 0 Å². The Morgan fingerprint density at radius 2 is 1.81 bits per heavy atom. The van der Waals surface area contributed by atoms with Crippen LogP contribution in [-0.4, -0.2) is 35.1 Å². The number of hydrogen-bond donors (Lipinski definition) is 1. The van der Waals surface area contributed by atoms with E-state index >= 15 is 0 Å². The first-order chi connectivity index (χ1) is 7.75. The third kappa shape index (κ3) is 3.21. The molecular formula is C13H23NO2. The van der Waals surface area contributed by atoms with Gasteiger partial charge in [-0.2, -0.15) is 0 Å². The van der Waals surface area contributed by atoms with Gasteiger partial charge in [0.25, 0.3) is 0 Å². The molecule has 0 unspecified atom stereocenters. The molecule has 1 amide bonds. The lowest BCUT2D eigenvalue weighted by molar-refractivity contribution is -0.131. The van der Waals surface area contributed by atoms with E-state index in [0.29, 0.717) is 18.9 Å². The Morgan fingerprint density at radius 1 is 1.12 bits per heavy atom. The molecule has 2 aliphatic rings. The Hall–Kier alpha value is -0.570. The summed E-state index contributed by atoms with van der Waals surface area (Å²) in [6.07, 6.45) is 8.91. The van der Waals surface area contributed by atoms with Crippen molar-refractivity contribution in [3.05, 3.63) is 0 Å². The first-order valence-corrected chi connectivity index (χ1v) is 6.71. The van der Waals surface area contributed by atoms with Crippen molar-refractivity contribution in [3.63, 3.8) is 0 Å². The molecule has 1 N–H and O–H groups in total. The molecule has 1 saturated heterocycles. The van der Waals surface area contributed by atoms with Gasteiger partial charge in [0.05, 0.1) is 6.10 Å². The molecule has 0 radical (unpaired) electrons. The SMILES string of the molecule is O=C(CC1CCCCCC1)N1CC[C@H](O)C1. The van der Waals surface area contributed by atoms with Gasteiger partial charge in [0, 0.05) is 19.5 Å². The maximum atomic E-state index is 12.0. The van der Waals surface area contributed by atoms with Crippen LogP contribution in [0.2, 0.25) is 0 Å². The molecule has 1 aliphatic carbocycles. The highest BCUT2D eigenvalue weighted by Crippen LogP contribution is 2.26. The summed E-state index contributed by atoms with van der Waals surface area (Å²) < 4.78 is 0. The minimum Gasteiger partial charge on any atom is -0.391 e.